The van der Waals surface area contributed by atoms with Crippen LogP contribution in [0, 0.1) is 5.92 Å². The Morgan fingerprint density at radius 1 is 1.29 bits per heavy atom. The number of aromatic nitrogens is 1. The smallest absolute Gasteiger partial charge is 0.243 e. The molecule has 1 amide bonds. The lowest BCUT2D eigenvalue weighted by molar-refractivity contribution is -0.117. The van der Waals surface area contributed by atoms with Gasteiger partial charge >= 0.3 is 0 Å². The van der Waals surface area contributed by atoms with E-state index in [1.807, 2.05) is 35.7 Å². The molecule has 0 spiro atoms. The van der Waals surface area contributed by atoms with Gasteiger partial charge in [-0.1, -0.05) is 44.2 Å². The molecule has 0 bridgehead atoms. The molecule has 1 aromatic carbocycles. The molecule has 0 fully saturated rings. The number of anilines is 1. The van der Waals surface area contributed by atoms with E-state index in [0.717, 1.165) is 17.7 Å². The molecule has 0 radical (unpaired) electrons. The number of hydrogen-bond acceptors (Lipinski definition) is 4. The van der Waals surface area contributed by atoms with Crippen molar-refractivity contribution in [2.24, 2.45) is 11.7 Å². The van der Waals surface area contributed by atoms with Crippen LogP contribution in [0.5, 0.6) is 0 Å². The summed E-state index contributed by atoms with van der Waals surface area (Å²) in [6.45, 7) is 4.25. The molecule has 0 unspecified atom stereocenters. The molecule has 2 rings (SSSR count). The number of benzene rings is 1. The van der Waals surface area contributed by atoms with Crippen molar-refractivity contribution in [2.75, 3.05) is 5.32 Å². The molecular weight excluding hydrogens is 282 g/mol. The van der Waals surface area contributed by atoms with E-state index in [9.17, 15) is 4.79 Å². The quantitative estimate of drug-likeness (QED) is 0.858. The van der Waals surface area contributed by atoms with Crippen molar-refractivity contribution >= 4 is 22.4 Å². The van der Waals surface area contributed by atoms with Crippen molar-refractivity contribution in [1.29, 1.82) is 0 Å². The molecule has 0 aliphatic carbocycles. The largest absolute Gasteiger partial charge is 0.320 e. The van der Waals surface area contributed by atoms with Crippen LogP contribution in [0.15, 0.2) is 35.7 Å². The maximum atomic E-state index is 12.0. The molecule has 21 heavy (non-hydrogen) atoms. The summed E-state index contributed by atoms with van der Waals surface area (Å²) in [6.07, 6.45) is 1.64. The van der Waals surface area contributed by atoms with E-state index >= 15 is 0 Å². The third-order valence-corrected chi connectivity index (χ3v) is 3.95. The van der Waals surface area contributed by atoms with Gasteiger partial charge in [-0.05, 0) is 18.8 Å². The van der Waals surface area contributed by atoms with E-state index in [2.05, 4.69) is 24.1 Å². The predicted octanol–water partition coefficient (Wildman–Crippen LogP) is 3.51. The zero-order valence-corrected chi connectivity index (χ0v) is 13.2. The van der Waals surface area contributed by atoms with Crippen molar-refractivity contribution in [1.82, 2.24) is 4.98 Å². The van der Waals surface area contributed by atoms with Gasteiger partial charge in [0.15, 0.2) is 5.13 Å². The van der Waals surface area contributed by atoms with E-state index in [-0.39, 0.29) is 5.91 Å². The van der Waals surface area contributed by atoms with Gasteiger partial charge in [0, 0.05) is 10.9 Å². The number of rotatable bonds is 6. The fourth-order valence-corrected chi connectivity index (χ4v) is 2.64. The first-order valence-corrected chi connectivity index (χ1v) is 8.01. The molecule has 0 aliphatic rings. The summed E-state index contributed by atoms with van der Waals surface area (Å²) in [7, 11) is 0. The number of amides is 1. The highest BCUT2D eigenvalue weighted by Crippen LogP contribution is 2.24. The number of nitrogens with zero attached hydrogens (tertiary/aromatic N) is 1. The molecule has 4 nitrogen and oxygen atoms in total. The van der Waals surface area contributed by atoms with Gasteiger partial charge in [0.1, 0.15) is 0 Å². The van der Waals surface area contributed by atoms with Crippen LogP contribution in [0.1, 0.15) is 26.7 Å². The average Bonchev–Trinajstić information content (AvgIpc) is 2.94. The maximum absolute atomic E-state index is 12.0. The summed E-state index contributed by atoms with van der Waals surface area (Å²) in [6, 6.07) is 9.41. The van der Waals surface area contributed by atoms with Gasteiger partial charge in [-0.15, -0.1) is 11.3 Å². The summed E-state index contributed by atoms with van der Waals surface area (Å²) in [5.74, 6) is 0.387. The normalized spacial score (nSPS) is 12.4. The highest BCUT2D eigenvalue weighted by Gasteiger charge is 2.15. The van der Waals surface area contributed by atoms with Crippen LogP contribution < -0.4 is 11.1 Å². The third kappa shape index (κ3) is 4.65. The van der Waals surface area contributed by atoms with E-state index < -0.39 is 6.04 Å². The van der Waals surface area contributed by atoms with Gasteiger partial charge in [0.05, 0.1) is 11.7 Å². The zero-order chi connectivity index (χ0) is 15.2. The zero-order valence-electron chi connectivity index (χ0n) is 12.4. The number of nitrogens with two attached hydrogens (primary N) is 1. The van der Waals surface area contributed by atoms with Crippen molar-refractivity contribution in [3.05, 3.63) is 35.7 Å². The Kier molecular flexibility index (Phi) is 5.47. The predicted molar refractivity (Wildman–Crippen MR) is 88.2 cm³/mol. The minimum atomic E-state index is -0.475. The van der Waals surface area contributed by atoms with Crippen LogP contribution in [0.4, 0.5) is 5.13 Å². The SMILES string of the molecule is CC(C)CC[C@H](N)C(=O)Nc1nc(-c2ccccc2)cs1. The summed E-state index contributed by atoms with van der Waals surface area (Å²) < 4.78 is 0. The van der Waals surface area contributed by atoms with Crippen molar-refractivity contribution in [3.8, 4) is 11.3 Å². The van der Waals surface area contributed by atoms with Crippen molar-refractivity contribution in [3.63, 3.8) is 0 Å². The Bertz CT molecular complexity index is 580. The molecule has 1 aromatic heterocycles. The van der Waals surface area contributed by atoms with Gasteiger partial charge in [0.2, 0.25) is 5.91 Å². The van der Waals surface area contributed by atoms with Crippen molar-refractivity contribution in [2.45, 2.75) is 32.7 Å². The van der Waals surface area contributed by atoms with Crippen LogP contribution in [0.2, 0.25) is 0 Å². The highest BCUT2D eigenvalue weighted by atomic mass is 32.1. The molecule has 0 saturated carbocycles. The molecule has 1 atom stereocenters. The first-order valence-electron chi connectivity index (χ1n) is 7.13. The van der Waals surface area contributed by atoms with E-state index in [4.69, 9.17) is 5.73 Å². The molecule has 0 aliphatic heterocycles. The van der Waals surface area contributed by atoms with Gasteiger partial charge in [-0.25, -0.2) is 4.98 Å². The second-order valence-electron chi connectivity index (χ2n) is 5.47. The maximum Gasteiger partial charge on any atom is 0.243 e. The molecule has 5 heteroatoms. The molecular formula is C16H21N3OS. The number of nitrogens with one attached hydrogen (secondary N) is 1. The van der Waals surface area contributed by atoms with Crippen LogP contribution in [0.3, 0.4) is 0 Å². The van der Waals surface area contributed by atoms with Crippen LogP contribution in [-0.4, -0.2) is 16.9 Å². The second kappa shape index (κ2) is 7.33. The lowest BCUT2D eigenvalue weighted by Gasteiger charge is -2.11. The Morgan fingerprint density at radius 3 is 2.67 bits per heavy atom. The van der Waals surface area contributed by atoms with Crippen LogP contribution in [0.25, 0.3) is 11.3 Å². The summed E-state index contributed by atoms with van der Waals surface area (Å²) in [5, 5.41) is 5.33. The number of carbonyl (C=O) groups excluding carboxylic acids is 1. The monoisotopic (exact) mass is 303 g/mol. The molecule has 1 heterocycles. The minimum absolute atomic E-state index is 0.162. The standard InChI is InChI=1S/C16H21N3OS/c1-11(2)8-9-13(17)15(20)19-16-18-14(10-21-16)12-6-4-3-5-7-12/h3-7,10-11,13H,8-9,17H2,1-2H3,(H,18,19,20)/t13-/m0/s1. The third-order valence-electron chi connectivity index (χ3n) is 3.20. The number of thiazole rings is 1. The first kappa shape index (κ1) is 15.7. The fourth-order valence-electron chi connectivity index (χ4n) is 1.91. The molecule has 3 N–H and O–H groups in total. The minimum Gasteiger partial charge on any atom is -0.320 e. The van der Waals surface area contributed by atoms with E-state index in [0.29, 0.717) is 17.5 Å². The van der Waals surface area contributed by atoms with Gasteiger partial charge in [-0.3, -0.25) is 4.79 Å². The fraction of sp³-hybridized carbons (Fsp3) is 0.375. The van der Waals surface area contributed by atoms with Gasteiger partial charge in [0.25, 0.3) is 0 Å². The molecule has 0 saturated heterocycles. The molecule has 2 aromatic rings. The van der Waals surface area contributed by atoms with Gasteiger partial charge in [-0.2, -0.15) is 0 Å². The van der Waals surface area contributed by atoms with Gasteiger partial charge < -0.3 is 11.1 Å². The molecule has 112 valence electrons. The van der Waals surface area contributed by atoms with Crippen LogP contribution in [-0.2, 0) is 4.79 Å². The lowest BCUT2D eigenvalue weighted by Crippen LogP contribution is -2.35. The average molecular weight is 303 g/mol. The summed E-state index contributed by atoms with van der Waals surface area (Å²) in [5.41, 5.74) is 7.80. The van der Waals surface area contributed by atoms with Crippen LogP contribution >= 0.6 is 11.3 Å². The number of hydrogen-bond donors (Lipinski definition) is 2. The lowest BCUT2D eigenvalue weighted by atomic mass is 10.0. The summed E-state index contributed by atoms with van der Waals surface area (Å²) in [4.78, 5) is 16.4. The summed E-state index contributed by atoms with van der Waals surface area (Å²) >= 11 is 1.42. The Labute approximate surface area is 129 Å². The Morgan fingerprint density at radius 2 is 2.00 bits per heavy atom. The Balaban J connectivity index is 1.95. The topological polar surface area (TPSA) is 68.0 Å². The van der Waals surface area contributed by atoms with E-state index in [1.54, 1.807) is 0 Å². The van der Waals surface area contributed by atoms with Crippen molar-refractivity contribution < 1.29 is 4.79 Å². The first-order chi connectivity index (χ1) is 10.1. The van der Waals surface area contributed by atoms with E-state index in [1.165, 1.54) is 11.3 Å². The number of carbonyl (C=O) groups is 1. The highest BCUT2D eigenvalue weighted by molar-refractivity contribution is 7.14. The Hall–Kier alpha value is -1.72. The second-order valence-corrected chi connectivity index (χ2v) is 6.33.